The lowest BCUT2D eigenvalue weighted by molar-refractivity contribution is 0.121. The Kier molecular flexibility index (Phi) is 6.96. The van der Waals surface area contributed by atoms with Crippen LogP contribution in [0, 0.1) is 0 Å². The number of rotatable bonds is 8. The molecular weight excluding hydrogens is 340 g/mol. The average Bonchev–Trinajstić information content (AvgIpc) is 2.71. The van der Waals surface area contributed by atoms with Crippen LogP contribution in [-0.2, 0) is 13.1 Å². The van der Waals surface area contributed by atoms with Crippen LogP contribution in [-0.4, -0.2) is 56.8 Å². The lowest BCUT2D eigenvalue weighted by Crippen LogP contribution is -2.45. The fourth-order valence-corrected chi connectivity index (χ4v) is 3.44. The second-order valence-corrected chi connectivity index (χ2v) is 6.81. The molecule has 1 aliphatic rings. The van der Waals surface area contributed by atoms with Gasteiger partial charge in [0.25, 0.3) is 0 Å². The minimum absolute atomic E-state index is 0.709. The largest absolute Gasteiger partial charge is 0.497 e. The molecule has 5 heteroatoms. The number of ether oxygens (including phenoxy) is 3. The first-order chi connectivity index (χ1) is 13.2. The number of benzene rings is 2. The summed E-state index contributed by atoms with van der Waals surface area (Å²) in [4.78, 5) is 5.00. The highest BCUT2D eigenvalue weighted by Gasteiger charge is 2.18. The smallest absolute Gasteiger partial charge is 0.127 e. The van der Waals surface area contributed by atoms with Crippen molar-refractivity contribution in [3.8, 4) is 17.2 Å². The normalized spacial score (nSPS) is 15.5. The fourth-order valence-electron chi connectivity index (χ4n) is 3.44. The highest BCUT2D eigenvalue weighted by atomic mass is 16.5. The Labute approximate surface area is 162 Å². The van der Waals surface area contributed by atoms with Crippen LogP contribution in [0.4, 0.5) is 0 Å². The van der Waals surface area contributed by atoms with E-state index in [2.05, 4.69) is 40.1 Å². The van der Waals surface area contributed by atoms with Gasteiger partial charge < -0.3 is 14.2 Å². The van der Waals surface area contributed by atoms with Crippen molar-refractivity contribution in [1.29, 1.82) is 0 Å². The van der Waals surface area contributed by atoms with E-state index in [1.54, 1.807) is 14.2 Å². The van der Waals surface area contributed by atoms with Gasteiger partial charge >= 0.3 is 0 Å². The van der Waals surface area contributed by atoms with Crippen molar-refractivity contribution in [2.45, 2.75) is 20.0 Å². The van der Waals surface area contributed by atoms with Gasteiger partial charge in [0.1, 0.15) is 17.2 Å². The highest BCUT2D eigenvalue weighted by molar-refractivity contribution is 5.40. The molecule has 0 aromatic heterocycles. The van der Waals surface area contributed by atoms with Gasteiger partial charge in [-0.25, -0.2) is 0 Å². The highest BCUT2D eigenvalue weighted by Crippen LogP contribution is 2.26. The molecule has 1 fully saturated rings. The molecule has 27 heavy (non-hydrogen) atoms. The summed E-state index contributed by atoms with van der Waals surface area (Å²) in [7, 11) is 3.39. The third-order valence-electron chi connectivity index (χ3n) is 4.99. The third-order valence-corrected chi connectivity index (χ3v) is 4.99. The van der Waals surface area contributed by atoms with Crippen LogP contribution in [0.5, 0.6) is 17.2 Å². The van der Waals surface area contributed by atoms with E-state index in [0.717, 1.165) is 56.5 Å². The molecule has 0 saturated carbocycles. The zero-order chi connectivity index (χ0) is 19.1. The molecule has 0 radical (unpaired) electrons. The van der Waals surface area contributed by atoms with E-state index in [9.17, 15) is 0 Å². The molecule has 0 amide bonds. The third kappa shape index (κ3) is 5.37. The van der Waals surface area contributed by atoms with E-state index in [1.807, 2.05) is 19.1 Å². The Balaban J connectivity index is 1.50. The number of methoxy groups -OCH3 is 2. The maximum Gasteiger partial charge on any atom is 0.127 e. The van der Waals surface area contributed by atoms with E-state index in [-0.39, 0.29) is 0 Å². The zero-order valence-corrected chi connectivity index (χ0v) is 16.6. The van der Waals surface area contributed by atoms with Crippen LogP contribution in [0.15, 0.2) is 42.5 Å². The molecule has 0 N–H and O–H groups in total. The molecule has 0 spiro atoms. The maximum atomic E-state index is 5.53. The van der Waals surface area contributed by atoms with E-state index >= 15 is 0 Å². The van der Waals surface area contributed by atoms with Crippen LogP contribution in [0.3, 0.4) is 0 Å². The molecule has 0 unspecified atom stereocenters. The minimum Gasteiger partial charge on any atom is -0.497 e. The van der Waals surface area contributed by atoms with Gasteiger partial charge in [-0.15, -0.1) is 0 Å². The van der Waals surface area contributed by atoms with Gasteiger partial charge in [0, 0.05) is 50.9 Å². The van der Waals surface area contributed by atoms with Crippen molar-refractivity contribution >= 4 is 0 Å². The first kappa shape index (κ1) is 19.5. The molecule has 0 aliphatic carbocycles. The maximum absolute atomic E-state index is 5.53. The van der Waals surface area contributed by atoms with Crippen LogP contribution in [0.25, 0.3) is 0 Å². The van der Waals surface area contributed by atoms with Crippen LogP contribution >= 0.6 is 0 Å². The van der Waals surface area contributed by atoms with Gasteiger partial charge in [0.05, 0.1) is 20.8 Å². The topological polar surface area (TPSA) is 34.2 Å². The second-order valence-electron chi connectivity index (χ2n) is 6.81. The standard InChI is InChI=1S/C22H30N2O3/c1-4-27-20-8-5-18(6-9-20)16-23-11-13-24(14-12-23)17-19-7-10-21(25-2)15-22(19)26-3/h5-10,15H,4,11-14,16-17H2,1-3H3. The Hall–Kier alpha value is -2.24. The summed E-state index contributed by atoms with van der Waals surface area (Å²) < 4.78 is 16.3. The molecule has 2 aromatic rings. The summed E-state index contributed by atoms with van der Waals surface area (Å²) in [6.07, 6.45) is 0. The molecule has 3 rings (SSSR count). The average molecular weight is 370 g/mol. The van der Waals surface area contributed by atoms with Gasteiger partial charge in [0.2, 0.25) is 0 Å². The number of nitrogens with zero attached hydrogens (tertiary/aromatic N) is 2. The van der Waals surface area contributed by atoms with Gasteiger partial charge in [0.15, 0.2) is 0 Å². The predicted octanol–water partition coefficient (Wildman–Crippen LogP) is 3.42. The Morgan fingerprint density at radius 2 is 1.41 bits per heavy atom. The van der Waals surface area contributed by atoms with Crippen molar-refractivity contribution < 1.29 is 14.2 Å². The number of hydrogen-bond donors (Lipinski definition) is 0. The quantitative estimate of drug-likeness (QED) is 0.711. The number of hydrogen-bond acceptors (Lipinski definition) is 5. The van der Waals surface area contributed by atoms with Crippen molar-refractivity contribution in [1.82, 2.24) is 9.80 Å². The van der Waals surface area contributed by atoms with E-state index in [1.165, 1.54) is 11.1 Å². The molecule has 1 saturated heterocycles. The first-order valence-corrected chi connectivity index (χ1v) is 9.59. The van der Waals surface area contributed by atoms with Crippen LogP contribution in [0.2, 0.25) is 0 Å². The molecule has 0 bridgehead atoms. The molecule has 1 aliphatic heterocycles. The van der Waals surface area contributed by atoms with Crippen molar-refractivity contribution in [3.63, 3.8) is 0 Å². The summed E-state index contributed by atoms with van der Waals surface area (Å²) in [6.45, 7) is 8.89. The fraction of sp³-hybridized carbons (Fsp3) is 0.455. The molecule has 1 heterocycles. The van der Waals surface area contributed by atoms with E-state index in [0.29, 0.717) is 6.61 Å². The molecule has 5 nitrogen and oxygen atoms in total. The second kappa shape index (κ2) is 9.62. The summed E-state index contributed by atoms with van der Waals surface area (Å²) in [5.41, 5.74) is 2.54. The van der Waals surface area contributed by atoms with Crippen LogP contribution < -0.4 is 14.2 Å². The summed E-state index contributed by atoms with van der Waals surface area (Å²) in [5.74, 6) is 2.67. The molecule has 2 aromatic carbocycles. The Morgan fingerprint density at radius 3 is 2.00 bits per heavy atom. The van der Waals surface area contributed by atoms with E-state index < -0.39 is 0 Å². The SMILES string of the molecule is CCOc1ccc(CN2CCN(Cc3ccc(OC)cc3OC)CC2)cc1. The van der Waals surface area contributed by atoms with Gasteiger partial charge in [-0.1, -0.05) is 18.2 Å². The van der Waals surface area contributed by atoms with Crippen molar-refractivity contribution in [3.05, 3.63) is 53.6 Å². The predicted molar refractivity (Wildman–Crippen MR) is 108 cm³/mol. The van der Waals surface area contributed by atoms with Gasteiger partial charge in [-0.2, -0.15) is 0 Å². The summed E-state index contributed by atoms with van der Waals surface area (Å²) in [6, 6.07) is 14.5. The zero-order valence-electron chi connectivity index (χ0n) is 16.6. The number of piperazine rings is 1. The Morgan fingerprint density at radius 1 is 0.778 bits per heavy atom. The summed E-state index contributed by atoms with van der Waals surface area (Å²) >= 11 is 0. The minimum atomic E-state index is 0.709. The Bertz CT molecular complexity index is 710. The summed E-state index contributed by atoms with van der Waals surface area (Å²) in [5, 5.41) is 0. The molecule has 146 valence electrons. The van der Waals surface area contributed by atoms with Gasteiger partial charge in [-0.05, 0) is 30.7 Å². The first-order valence-electron chi connectivity index (χ1n) is 9.59. The van der Waals surface area contributed by atoms with Crippen LogP contribution in [0.1, 0.15) is 18.1 Å². The molecular formula is C22H30N2O3. The monoisotopic (exact) mass is 370 g/mol. The lowest BCUT2D eigenvalue weighted by atomic mass is 10.1. The van der Waals surface area contributed by atoms with E-state index in [4.69, 9.17) is 14.2 Å². The molecule has 0 atom stereocenters. The van der Waals surface area contributed by atoms with Gasteiger partial charge in [-0.3, -0.25) is 9.80 Å². The van der Waals surface area contributed by atoms with Crippen molar-refractivity contribution in [2.24, 2.45) is 0 Å². The van der Waals surface area contributed by atoms with Crippen molar-refractivity contribution in [2.75, 3.05) is 47.0 Å². The lowest BCUT2D eigenvalue weighted by Gasteiger charge is -2.35.